The summed E-state index contributed by atoms with van der Waals surface area (Å²) in [5.74, 6) is 0.123. The van der Waals surface area contributed by atoms with Gasteiger partial charge in [0.05, 0.1) is 12.0 Å². The van der Waals surface area contributed by atoms with Crippen LogP contribution in [-0.4, -0.2) is 59.6 Å². The molecule has 0 N–H and O–H groups in total. The summed E-state index contributed by atoms with van der Waals surface area (Å²) in [5, 5.41) is 1.91. The van der Waals surface area contributed by atoms with Crippen molar-refractivity contribution < 1.29 is 19.1 Å². The van der Waals surface area contributed by atoms with Gasteiger partial charge in [0.25, 0.3) is 11.1 Å². The molecule has 0 unspecified atom stereocenters. The van der Waals surface area contributed by atoms with Crippen LogP contribution in [0.3, 0.4) is 0 Å². The van der Waals surface area contributed by atoms with Crippen LogP contribution in [-0.2, 0) is 16.2 Å². The van der Waals surface area contributed by atoms with E-state index >= 15 is 0 Å². The Morgan fingerprint density at radius 1 is 0.860 bits per heavy atom. The molecule has 0 atom stereocenters. The van der Waals surface area contributed by atoms with Gasteiger partial charge in [0.15, 0.2) is 0 Å². The summed E-state index contributed by atoms with van der Waals surface area (Å²) in [6.07, 6.45) is 1.72. The van der Waals surface area contributed by atoms with Gasteiger partial charge < -0.3 is 14.5 Å². The molecule has 2 fully saturated rings. The highest BCUT2D eigenvalue weighted by Crippen LogP contribution is 2.35. The van der Waals surface area contributed by atoms with Crippen molar-refractivity contribution in [1.82, 2.24) is 9.80 Å². The van der Waals surface area contributed by atoms with E-state index in [2.05, 4.69) is 86.5 Å². The maximum absolute atomic E-state index is 13.2. The number of piperazine rings is 1. The summed E-state index contributed by atoms with van der Waals surface area (Å²) in [5.41, 5.74) is 3.02. The van der Waals surface area contributed by atoms with E-state index in [9.17, 15) is 14.4 Å². The van der Waals surface area contributed by atoms with Gasteiger partial charge in [-0.05, 0) is 109 Å². The van der Waals surface area contributed by atoms with E-state index in [0.717, 1.165) is 51.8 Å². The van der Waals surface area contributed by atoms with E-state index in [0.29, 0.717) is 37.7 Å². The number of imide groups is 1. The summed E-state index contributed by atoms with van der Waals surface area (Å²) in [7, 11) is 0. The first kappa shape index (κ1) is 29.9. The minimum Gasteiger partial charge on any atom is -0.487 e. The lowest BCUT2D eigenvalue weighted by atomic mass is 10.1. The normalized spacial score (nSPS) is 16.4. The first-order valence-electron chi connectivity index (χ1n) is 13.8. The lowest BCUT2D eigenvalue weighted by Gasteiger charge is -2.36. The number of fused-ring (bicyclic) bond motifs is 1. The highest BCUT2D eigenvalue weighted by molar-refractivity contribution is 14.1. The zero-order valence-corrected chi connectivity index (χ0v) is 28.2. The first-order valence-corrected chi connectivity index (χ1v) is 16.8. The van der Waals surface area contributed by atoms with E-state index in [4.69, 9.17) is 4.74 Å². The van der Waals surface area contributed by atoms with Gasteiger partial charge in [-0.25, -0.2) is 0 Å². The molecule has 4 aromatic carbocycles. The molecule has 7 nitrogen and oxygen atoms in total. The molecular weight excluding hydrogens is 788 g/mol. The third-order valence-corrected chi connectivity index (χ3v) is 10.0. The van der Waals surface area contributed by atoms with Crippen molar-refractivity contribution in [2.45, 2.75) is 6.61 Å². The van der Waals surface area contributed by atoms with Crippen LogP contribution >= 0.6 is 56.9 Å². The molecule has 0 saturated carbocycles. The summed E-state index contributed by atoms with van der Waals surface area (Å²) in [6.45, 7) is 2.69. The first-order chi connectivity index (χ1) is 20.9. The van der Waals surface area contributed by atoms with Crippen LogP contribution in [0.4, 0.5) is 10.5 Å². The zero-order valence-electron chi connectivity index (χ0n) is 23.0. The van der Waals surface area contributed by atoms with Crippen LogP contribution in [0.2, 0.25) is 0 Å². The number of rotatable bonds is 7. The lowest BCUT2D eigenvalue weighted by Crippen LogP contribution is -2.51. The highest BCUT2D eigenvalue weighted by Gasteiger charge is 2.37. The van der Waals surface area contributed by atoms with Crippen molar-refractivity contribution >= 4 is 96.5 Å². The Labute approximate surface area is 281 Å². The number of benzene rings is 4. The predicted octanol–water partition coefficient (Wildman–Crippen LogP) is 7.01. The number of carbonyl (C=O) groups is 3. The van der Waals surface area contributed by atoms with Gasteiger partial charge in [-0.1, -0.05) is 60.7 Å². The maximum Gasteiger partial charge on any atom is 0.294 e. The molecule has 10 heteroatoms. The second kappa shape index (κ2) is 13.3. The Balaban J connectivity index is 1.09. The molecule has 2 saturated heterocycles. The van der Waals surface area contributed by atoms with Gasteiger partial charge in [-0.15, -0.1) is 0 Å². The number of carbonyl (C=O) groups excluding carboxylic acids is 3. The Kier molecular flexibility index (Phi) is 9.24. The molecule has 43 heavy (non-hydrogen) atoms. The molecule has 0 aromatic heterocycles. The summed E-state index contributed by atoms with van der Waals surface area (Å²) >= 11 is 5.34. The fraction of sp³-hybridized carbons (Fsp3) is 0.182. The summed E-state index contributed by atoms with van der Waals surface area (Å²) in [4.78, 5) is 44.3. The minimum absolute atomic E-state index is 0.215. The molecule has 218 valence electrons. The van der Waals surface area contributed by atoms with Crippen LogP contribution in [0.1, 0.15) is 11.1 Å². The monoisotopic (exact) mass is 815 g/mol. The van der Waals surface area contributed by atoms with Crippen LogP contribution in [0.25, 0.3) is 16.8 Å². The predicted molar refractivity (Wildman–Crippen MR) is 188 cm³/mol. The molecule has 3 amide bonds. The fourth-order valence-electron chi connectivity index (χ4n) is 5.24. The molecule has 2 aliphatic heterocycles. The quantitative estimate of drug-likeness (QED) is 0.148. The third kappa shape index (κ3) is 6.70. The van der Waals surface area contributed by atoms with E-state index in [1.807, 2.05) is 48.5 Å². The van der Waals surface area contributed by atoms with Gasteiger partial charge in [-0.3, -0.25) is 19.3 Å². The Bertz CT molecular complexity index is 1710. The molecule has 2 aliphatic rings. The molecule has 0 spiro atoms. The molecule has 2 heterocycles. The molecular formula is C33H27I2N3O4S. The number of amides is 3. The largest absolute Gasteiger partial charge is 0.487 e. The number of hydrogen-bond donors (Lipinski definition) is 0. The molecule has 6 rings (SSSR count). The Morgan fingerprint density at radius 3 is 2.28 bits per heavy atom. The number of hydrogen-bond acceptors (Lipinski definition) is 6. The topological polar surface area (TPSA) is 70.2 Å². The Hall–Kier alpha value is -3.10. The zero-order chi connectivity index (χ0) is 29.9. The van der Waals surface area contributed by atoms with Crippen LogP contribution < -0.4 is 9.64 Å². The van der Waals surface area contributed by atoms with Crippen molar-refractivity contribution in [3.63, 3.8) is 0 Å². The average molecular weight is 815 g/mol. The smallest absolute Gasteiger partial charge is 0.294 e. The highest BCUT2D eigenvalue weighted by atomic mass is 127. The van der Waals surface area contributed by atoms with Gasteiger partial charge in [-0.2, -0.15) is 0 Å². The van der Waals surface area contributed by atoms with Crippen LogP contribution in [0, 0.1) is 7.14 Å². The average Bonchev–Trinajstić information content (AvgIpc) is 3.28. The number of thioether (sulfide) groups is 1. The maximum atomic E-state index is 13.2. The molecule has 0 radical (unpaired) electrons. The van der Waals surface area contributed by atoms with E-state index in [1.54, 1.807) is 11.0 Å². The van der Waals surface area contributed by atoms with Crippen molar-refractivity contribution in [2.24, 2.45) is 0 Å². The number of halogens is 2. The Morgan fingerprint density at radius 2 is 1.53 bits per heavy atom. The number of nitrogens with zero attached hydrogens (tertiary/aromatic N) is 3. The summed E-state index contributed by atoms with van der Waals surface area (Å²) in [6, 6.07) is 28.4. The second-order valence-corrected chi connectivity index (χ2v) is 13.5. The number of ether oxygens (including phenoxy) is 1. The van der Waals surface area contributed by atoms with Crippen molar-refractivity contribution in [3.05, 3.63) is 108 Å². The van der Waals surface area contributed by atoms with Crippen molar-refractivity contribution in [3.8, 4) is 5.75 Å². The minimum atomic E-state index is -0.437. The van der Waals surface area contributed by atoms with Crippen LogP contribution in [0.15, 0.2) is 89.8 Å². The van der Waals surface area contributed by atoms with Gasteiger partial charge >= 0.3 is 0 Å². The lowest BCUT2D eigenvalue weighted by molar-refractivity contribution is -0.136. The molecule has 4 aromatic rings. The molecule has 0 aliphatic carbocycles. The van der Waals surface area contributed by atoms with Crippen molar-refractivity contribution in [2.75, 3.05) is 37.6 Å². The van der Waals surface area contributed by atoms with E-state index in [1.165, 1.54) is 5.39 Å². The van der Waals surface area contributed by atoms with E-state index in [-0.39, 0.29) is 12.5 Å². The van der Waals surface area contributed by atoms with Gasteiger partial charge in [0.2, 0.25) is 5.91 Å². The van der Waals surface area contributed by atoms with Gasteiger partial charge in [0.1, 0.15) is 18.9 Å². The van der Waals surface area contributed by atoms with Crippen LogP contribution in [0.5, 0.6) is 5.75 Å². The van der Waals surface area contributed by atoms with Crippen molar-refractivity contribution in [1.29, 1.82) is 0 Å². The second-order valence-electron chi connectivity index (χ2n) is 10.2. The number of anilines is 1. The third-order valence-electron chi connectivity index (χ3n) is 7.49. The SMILES string of the molecule is O=C(CN1C(=O)S/C(=C/c2cc(I)c(OCc3cccc4ccccc34)c(I)c2)C1=O)N1CCN(c2ccccc2)CC1. The fourth-order valence-corrected chi connectivity index (χ4v) is 8.21. The standard InChI is InChI=1S/C33H27I2N3O4S/c34-27-17-22(18-28(35)31(27)42-21-24-9-6-8-23-7-4-5-12-26(23)24)19-29-32(40)38(33(41)43-29)20-30(39)37-15-13-36(14-16-37)25-10-2-1-3-11-25/h1-12,17-19H,13-16,20-21H2/b29-19+. The molecule has 0 bridgehead atoms. The van der Waals surface area contributed by atoms with Gasteiger partial charge in [0, 0.05) is 31.9 Å². The summed E-state index contributed by atoms with van der Waals surface area (Å²) < 4.78 is 8.07. The van der Waals surface area contributed by atoms with E-state index < -0.39 is 11.1 Å². The number of para-hydroxylation sites is 1.